The first-order valence-corrected chi connectivity index (χ1v) is 4.54. The smallest absolute Gasteiger partial charge is 0.0874 e. The summed E-state index contributed by atoms with van der Waals surface area (Å²) in [6.45, 7) is 7.98. The third kappa shape index (κ3) is 1.86. The first kappa shape index (κ1) is 9.71. The summed E-state index contributed by atoms with van der Waals surface area (Å²) in [5.41, 5.74) is 3.23. The molecule has 0 bridgehead atoms. The van der Waals surface area contributed by atoms with E-state index in [0.717, 1.165) is 16.8 Å². The van der Waals surface area contributed by atoms with Crippen molar-refractivity contribution in [1.82, 2.24) is 14.6 Å². The summed E-state index contributed by atoms with van der Waals surface area (Å²) in [4.78, 5) is 4.18. The maximum Gasteiger partial charge on any atom is 0.0874 e. The van der Waals surface area contributed by atoms with Crippen LogP contribution in [0.4, 0.5) is 0 Å². The number of aromatic nitrogens is 3. The summed E-state index contributed by atoms with van der Waals surface area (Å²) in [5, 5.41) is 4.16. The van der Waals surface area contributed by atoms with E-state index in [-0.39, 0.29) is 0 Å². The highest BCUT2D eigenvalue weighted by molar-refractivity contribution is 5.50. The monoisotopic (exact) mass is 177 g/mol. The standard InChI is InChI=1S/C8H9N3.C2H6/c1-6-3-10-11-5-7(2)9-4-8(6)11;1-2/h3-5H,1-2H3;1-2H3. The van der Waals surface area contributed by atoms with Gasteiger partial charge in [-0.3, -0.25) is 4.98 Å². The van der Waals surface area contributed by atoms with Crippen molar-refractivity contribution in [3.63, 3.8) is 0 Å². The van der Waals surface area contributed by atoms with Gasteiger partial charge in [-0.2, -0.15) is 5.10 Å². The Labute approximate surface area is 78.4 Å². The van der Waals surface area contributed by atoms with Gasteiger partial charge in [0.2, 0.25) is 0 Å². The molecular formula is C10H15N3. The molecule has 2 heterocycles. The molecule has 0 saturated heterocycles. The zero-order valence-electron chi connectivity index (χ0n) is 8.57. The van der Waals surface area contributed by atoms with E-state index in [2.05, 4.69) is 10.1 Å². The van der Waals surface area contributed by atoms with Gasteiger partial charge in [0.15, 0.2) is 0 Å². The molecule has 0 fully saturated rings. The van der Waals surface area contributed by atoms with Crippen LogP contribution in [0.2, 0.25) is 0 Å². The first-order valence-electron chi connectivity index (χ1n) is 4.54. The number of hydrogen-bond donors (Lipinski definition) is 0. The lowest BCUT2D eigenvalue weighted by atomic mass is 10.3. The van der Waals surface area contributed by atoms with Crippen LogP contribution in [-0.4, -0.2) is 14.6 Å². The van der Waals surface area contributed by atoms with Gasteiger partial charge in [0.1, 0.15) is 0 Å². The Balaban J connectivity index is 0.000000396. The van der Waals surface area contributed by atoms with Gasteiger partial charge in [0.25, 0.3) is 0 Å². The molecule has 2 rings (SSSR count). The Morgan fingerprint density at radius 1 is 1.15 bits per heavy atom. The first-order chi connectivity index (χ1) is 6.27. The van der Waals surface area contributed by atoms with Crippen molar-refractivity contribution in [3.05, 3.63) is 29.8 Å². The Morgan fingerprint density at radius 3 is 2.54 bits per heavy atom. The molecular weight excluding hydrogens is 162 g/mol. The lowest BCUT2D eigenvalue weighted by Gasteiger charge is -1.93. The van der Waals surface area contributed by atoms with Crippen LogP contribution in [-0.2, 0) is 0 Å². The van der Waals surface area contributed by atoms with E-state index in [1.54, 1.807) is 0 Å². The quantitative estimate of drug-likeness (QED) is 0.618. The lowest BCUT2D eigenvalue weighted by Crippen LogP contribution is -1.90. The fourth-order valence-electron chi connectivity index (χ4n) is 1.09. The van der Waals surface area contributed by atoms with E-state index in [9.17, 15) is 0 Å². The highest BCUT2D eigenvalue weighted by Gasteiger charge is 1.97. The highest BCUT2D eigenvalue weighted by atomic mass is 15.2. The second kappa shape index (κ2) is 4.03. The largest absolute Gasteiger partial charge is 0.258 e. The number of aryl methyl sites for hydroxylation is 2. The molecule has 3 nitrogen and oxygen atoms in total. The predicted molar refractivity (Wildman–Crippen MR) is 53.8 cm³/mol. The molecule has 0 atom stereocenters. The van der Waals surface area contributed by atoms with E-state index in [1.165, 1.54) is 0 Å². The van der Waals surface area contributed by atoms with Crippen LogP contribution < -0.4 is 0 Å². The fraction of sp³-hybridized carbons (Fsp3) is 0.400. The molecule has 0 spiro atoms. The fourth-order valence-corrected chi connectivity index (χ4v) is 1.09. The van der Waals surface area contributed by atoms with Crippen molar-refractivity contribution >= 4 is 5.52 Å². The van der Waals surface area contributed by atoms with Crippen molar-refractivity contribution in [2.45, 2.75) is 27.7 Å². The zero-order valence-corrected chi connectivity index (χ0v) is 8.57. The van der Waals surface area contributed by atoms with Gasteiger partial charge in [-0.05, 0) is 19.4 Å². The number of rotatable bonds is 0. The molecule has 0 aliphatic carbocycles. The number of nitrogens with zero attached hydrogens (tertiary/aromatic N) is 3. The van der Waals surface area contributed by atoms with Gasteiger partial charge in [-0.1, -0.05) is 13.8 Å². The SMILES string of the molecule is CC.Cc1cn2ncc(C)c2cn1. The van der Waals surface area contributed by atoms with Crippen molar-refractivity contribution in [3.8, 4) is 0 Å². The molecule has 0 radical (unpaired) electrons. The van der Waals surface area contributed by atoms with Crippen LogP contribution in [0.3, 0.4) is 0 Å². The average molecular weight is 177 g/mol. The minimum absolute atomic E-state index is 0.987. The summed E-state index contributed by atoms with van der Waals surface area (Å²) in [6, 6.07) is 0. The molecule has 0 unspecified atom stereocenters. The van der Waals surface area contributed by atoms with E-state index >= 15 is 0 Å². The molecule has 13 heavy (non-hydrogen) atoms. The maximum absolute atomic E-state index is 4.18. The van der Waals surface area contributed by atoms with Crippen LogP contribution >= 0.6 is 0 Å². The maximum atomic E-state index is 4.18. The molecule has 0 aromatic carbocycles. The summed E-state index contributed by atoms with van der Waals surface area (Å²) in [6.07, 6.45) is 5.61. The van der Waals surface area contributed by atoms with Crippen LogP contribution in [0, 0.1) is 13.8 Å². The summed E-state index contributed by atoms with van der Waals surface area (Å²) < 4.78 is 1.84. The summed E-state index contributed by atoms with van der Waals surface area (Å²) >= 11 is 0. The van der Waals surface area contributed by atoms with Crippen molar-refractivity contribution < 1.29 is 0 Å². The Bertz CT molecular complexity index is 390. The van der Waals surface area contributed by atoms with E-state index < -0.39 is 0 Å². The highest BCUT2D eigenvalue weighted by Crippen LogP contribution is 2.06. The second-order valence-electron chi connectivity index (χ2n) is 2.69. The molecule has 0 amide bonds. The number of fused-ring (bicyclic) bond motifs is 1. The minimum Gasteiger partial charge on any atom is -0.258 e. The second-order valence-corrected chi connectivity index (χ2v) is 2.69. The van der Waals surface area contributed by atoms with E-state index in [0.29, 0.717) is 0 Å². The third-order valence-corrected chi connectivity index (χ3v) is 1.73. The molecule has 2 aromatic heterocycles. The third-order valence-electron chi connectivity index (χ3n) is 1.73. The Kier molecular flexibility index (Phi) is 3.01. The van der Waals surface area contributed by atoms with Gasteiger partial charge >= 0.3 is 0 Å². The van der Waals surface area contributed by atoms with E-state index in [4.69, 9.17) is 0 Å². The molecule has 0 N–H and O–H groups in total. The summed E-state index contributed by atoms with van der Waals surface area (Å²) in [7, 11) is 0. The Morgan fingerprint density at radius 2 is 1.85 bits per heavy atom. The molecule has 3 heteroatoms. The van der Waals surface area contributed by atoms with Crippen LogP contribution in [0.15, 0.2) is 18.6 Å². The average Bonchev–Trinajstić information content (AvgIpc) is 2.51. The van der Waals surface area contributed by atoms with Gasteiger partial charge in [0.05, 0.1) is 29.8 Å². The van der Waals surface area contributed by atoms with Crippen molar-refractivity contribution in [2.24, 2.45) is 0 Å². The van der Waals surface area contributed by atoms with Gasteiger partial charge in [-0.25, -0.2) is 4.52 Å². The Hall–Kier alpha value is -1.38. The zero-order chi connectivity index (χ0) is 9.84. The summed E-state index contributed by atoms with van der Waals surface area (Å²) in [5.74, 6) is 0. The molecule has 70 valence electrons. The van der Waals surface area contributed by atoms with E-state index in [1.807, 2.05) is 50.8 Å². The minimum atomic E-state index is 0.987. The topological polar surface area (TPSA) is 30.2 Å². The van der Waals surface area contributed by atoms with Gasteiger partial charge in [0, 0.05) is 0 Å². The van der Waals surface area contributed by atoms with Crippen molar-refractivity contribution in [2.75, 3.05) is 0 Å². The lowest BCUT2D eigenvalue weighted by molar-refractivity contribution is 0.928. The van der Waals surface area contributed by atoms with Crippen LogP contribution in [0.5, 0.6) is 0 Å². The molecule has 0 saturated carbocycles. The number of hydrogen-bond acceptors (Lipinski definition) is 2. The van der Waals surface area contributed by atoms with Crippen molar-refractivity contribution in [1.29, 1.82) is 0 Å². The normalized spacial score (nSPS) is 9.54. The predicted octanol–water partition coefficient (Wildman–Crippen LogP) is 2.37. The molecule has 0 aliphatic rings. The molecule has 0 aliphatic heterocycles. The van der Waals surface area contributed by atoms with Crippen LogP contribution in [0.1, 0.15) is 25.1 Å². The molecule has 2 aromatic rings. The van der Waals surface area contributed by atoms with Gasteiger partial charge < -0.3 is 0 Å². The van der Waals surface area contributed by atoms with Gasteiger partial charge in [-0.15, -0.1) is 0 Å². The van der Waals surface area contributed by atoms with Crippen LogP contribution in [0.25, 0.3) is 5.52 Å².